The van der Waals surface area contributed by atoms with Crippen molar-refractivity contribution in [2.24, 2.45) is 10.7 Å². The molecule has 2 nitrogen and oxygen atoms in total. The van der Waals surface area contributed by atoms with Crippen molar-refractivity contribution in [3.63, 3.8) is 0 Å². The minimum Gasteiger partial charge on any atom is -0.383 e. The molecule has 0 amide bonds. The molecule has 4 heteroatoms. The Balaban J connectivity index is 2.76. The summed E-state index contributed by atoms with van der Waals surface area (Å²) in [6, 6.07) is 4.97. The van der Waals surface area contributed by atoms with E-state index >= 15 is 0 Å². The van der Waals surface area contributed by atoms with Gasteiger partial charge in [-0.3, -0.25) is 4.99 Å². The van der Waals surface area contributed by atoms with E-state index in [-0.39, 0.29) is 5.82 Å². The Kier molecular flexibility index (Phi) is 2.21. The third-order valence-electron chi connectivity index (χ3n) is 2.07. The summed E-state index contributed by atoms with van der Waals surface area (Å²) in [4.78, 5) is 3.89. The van der Waals surface area contributed by atoms with Crippen LogP contribution in [0.3, 0.4) is 0 Å². The van der Waals surface area contributed by atoms with E-state index in [2.05, 4.69) is 4.99 Å². The molecule has 0 unspecified atom stereocenters. The summed E-state index contributed by atoms with van der Waals surface area (Å²) >= 11 is 1.35. The summed E-state index contributed by atoms with van der Waals surface area (Å²) in [6.07, 6.45) is 0. The molecule has 14 heavy (non-hydrogen) atoms. The number of rotatable bonds is 1. The number of fused-ring (bicyclic) bond motifs is 1. The van der Waals surface area contributed by atoms with Gasteiger partial charge >= 0.3 is 0 Å². The average molecular weight is 208 g/mol. The highest BCUT2D eigenvalue weighted by Crippen LogP contribution is 2.27. The number of halogens is 1. The van der Waals surface area contributed by atoms with Gasteiger partial charge in [-0.15, -0.1) is 11.3 Å². The number of benzene rings is 1. The van der Waals surface area contributed by atoms with E-state index in [1.165, 1.54) is 17.4 Å². The quantitative estimate of drug-likeness (QED) is 0.567. The Morgan fingerprint density at radius 2 is 2.29 bits per heavy atom. The summed E-state index contributed by atoms with van der Waals surface area (Å²) in [5.74, 6) is 0.240. The highest BCUT2D eigenvalue weighted by molar-refractivity contribution is 7.17. The molecule has 72 valence electrons. The molecule has 0 aliphatic heterocycles. The first kappa shape index (κ1) is 9.15. The van der Waals surface area contributed by atoms with Gasteiger partial charge in [0.15, 0.2) is 0 Å². The molecule has 0 radical (unpaired) electrons. The maximum atomic E-state index is 13.3. The zero-order valence-electron chi connectivity index (χ0n) is 7.62. The molecule has 0 fully saturated rings. The molecule has 0 atom stereocenters. The summed E-state index contributed by atoms with van der Waals surface area (Å²) in [6.45, 7) is 0. The van der Waals surface area contributed by atoms with Crippen molar-refractivity contribution in [2.75, 3.05) is 7.05 Å². The summed E-state index contributed by atoms with van der Waals surface area (Å²) < 4.78 is 13.9. The van der Waals surface area contributed by atoms with Crippen LogP contribution in [0.1, 0.15) is 5.56 Å². The molecule has 1 aromatic heterocycles. The van der Waals surface area contributed by atoms with Crippen molar-refractivity contribution in [3.05, 3.63) is 35.0 Å². The van der Waals surface area contributed by atoms with E-state index < -0.39 is 0 Å². The number of hydrogen-bond donors (Lipinski definition) is 1. The lowest BCUT2D eigenvalue weighted by Crippen LogP contribution is -2.11. The number of thiophene rings is 1. The fourth-order valence-corrected chi connectivity index (χ4v) is 2.31. The fraction of sp³-hybridized carbons (Fsp3) is 0.100. The van der Waals surface area contributed by atoms with Crippen LogP contribution < -0.4 is 5.73 Å². The molecule has 2 N–H and O–H groups in total. The third-order valence-corrected chi connectivity index (χ3v) is 3.07. The van der Waals surface area contributed by atoms with Crippen LogP contribution in [-0.4, -0.2) is 12.9 Å². The lowest BCUT2D eigenvalue weighted by Gasteiger charge is -1.97. The van der Waals surface area contributed by atoms with E-state index in [0.29, 0.717) is 10.5 Å². The first-order valence-electron chi connectivity index (χ1n) is 4.12. The first-order valence-corrected chi connectivity index (χ1v) is 5.00. The molecule has 0 spiro atoms. The van der Waals surface area contributed by atoms with Gasteiger partial charge in [-0.1, -0.05) is 12.1 Å². The van der Waals surface area contributed by atoms with Gasteiger partial charge in [-0.25, -0.2) is 4.39 Å². The molecule has 1 aromatic carbocycles. The van der Waals surface area contributed by atoms with Gasteiger partial charge < -0.3 is 5.73 Å². The third kappa shape index (κ3) is 1.28. The van der Waals surface area contributed by atoms with E-state index in [1.54, 1.807) is 13.1 Å². The van der Waals surface area contributed by atoms with E-state index in [9.17, 15) is 4.39 Å². The molecular weight excluding hydrogens is 199 g/mol. The lowest BCUT2D eigenvalue weighted by molar-refractivity contribution is 0.642. The van der Waals surface area contributed by atoms with Crippen molar-refractivity contribution in [2.45, 2.75) is 0 Å². The van der Waals surface area contributed by atoms with Gasteiger partial charge in [0.05, 0.1) is 4.70 Å². The Labute approximate surface area is 84.9 Å². The maximum absolute atomic E-state index is 13.3. The van der Waals surface area contributed by atoms with E-state index in [4.69, 9.17) is 5.73 Å². The number of amidine groups is 1. The summed E-state index contributed by atoms with van der Waals surface area (Å²) in [5.41, 5.74) is 6.50. The Hall–Kier alpha value is -1.42. The molecule has 1 heterocycles. The molecular formula is C10H9FN2S. The largest absolute Gasteiger partial charge is 0.383 e. The lowest BCUT2D eigenvalue weighted by atomic mass is 10.1. The predicted octanol–water partition coefficient (Wildman–Crippen LogP) is 2.38. The van der Waals surface area contributed by atoms with Crippen molar-refractivity contribution < 1.29 is 4.39 Å². The van der Waals surface area contributed by atoms with E-state index in [1.807, 2.05) is 11.4 Å². The first-order chi connectivity index (χ1) is 6.74. The Bertz CT molecular complexity index is 502. The minimum atomic E-state index is -0.206. The van der Waals surface area contributed by atoms with Crippen LogP contribution in [0.2, 0.25) is 0 Å². The van der Waals surface area contributed by atoms with E-state index in [0.717, 1.165) is 10.9 Å². The second kappa shape index (κ2) is 3.38. The maximum Gasteiger partial charge on any atom is 0.141 e. The van der Waals surface area contributed by atoms with Crippen molar-refractivity contribution in [1.82, 2.24) is 0 Å². The van der Waals surface area contributed by atoms with Crippen LogP contribution in [0, 0.1) is 5.82 Å². The zero-order chi connectivity index (χ0) is 10.1. The SMILES string of the molecule is CN=C(N)c1csc2c(F)cccc12. The van der Waals surface area contributed by atoms with Gasteiger partial charge in [-0.2, -0.15) is 0 Å². The molecule has 0 aliphatic carbocycles. The highest BCUT2D eigenvalue weighted by Gasteiger charge is 2.09. The van der Waals surface area contributed by atoms with Gasteiger partial charge in [0.2, 0.25) is 0 Å². The van der Waals surface area contributed by atoms with Crippen LogP contribution in [0.25, 0.3) is 10.1 Å². The zero-order valence-corrected chi connectivity index (χ0v) is 8.44. The number of hydrogen-bond acceptors (Lipinski definition) is 2. The molecule has 0 aliphatic rings. The van der Waals surface area contributed by atoms with Gasteiger partial charge in [0.25, 0.3) is 0 Å². The summed E-state index contributed by atoms with van der Waals surface area (Å²) in [5, 5.41) is 2.66. The average Bonchev–Trinajstić information content (AvgIpc) is 2.62. The fourth-order valence-electron chi connectivity index (χ4n) is 1.34. The Morgan fingerprint density at radius 3 is 3.00 bits per heavy atom. The van der Waals surface area contributed by atoms with Gasteiger partial charge in [0, 0.05) is 23.4 Å². The predicted molar refractivity (Wildman–Crippen MR) is 58.4 cm³/mol. The Morgan fingerprint density at radius 1 is 1.50 bits per heavy atom. The van der Waals surface area contributed by atoms with Crippen molar-refractivity contribution in [3.8, 4) is 0 Å². The molecule has 2 aromatic rings. The topological polar surface area (TPSA) is 38.4 Å². The van der Waals surface area contributed by atoms with Gasteiger partial charge in [0.1, 0.15) is 11.7 Å². The molecule has 2 rings (SSSR count). The molecule has 0 saturated carbocycles. The normalized spacial score (nSPS) is 12.3. The van der Waals surface area contributed by atoms with Crippen LogP contribution in [-0.2, 0) is 0 Å². The number of nitrogens with two attached hydrogens (primary N) is 1. The molecule has 0 bridgehead atoms. The van der Waals surface area contributed by atoms with Crippen molar-refractivity contribution >= 4 is 27.3 Å². The summed E-state index contributed by atoms with van der Waals surface area (Å²) in [7, 11) is 1.62. The monoisotopic (exact) mass is 208 g/mol. The van der Waals surface area contributed by atoms with Crippen LogP contribution in [0.5, 0.6) is 0 Å². The number of aliphatic imine (C=N–C) groups is 1. The number of nitrogens with zero attached hydrogens (tertiary/aromatic N) is 1. The highest BCUT2D eigenvalue weighted by atomic mass is 32.1. The van der Waals surface area contributed by atoms with Crippen molar-refractivity contribution in [1.29, 1.82) is 0 Å². The van der Waals surface area contributed by atoms with Crippen LogP contribution in [0.15, 0.2) is 28.6 Å². The van der Waals surface area contributed by atoms with Crippen LogP contribution >= 0.6 is 11.3 Å². The minimum absolute atomic E-state index is 0.206. The van der Waals surface area contributed by atoms with Gasteiger partial charge in [-0.05, 0) is 6.07 Å². The second-order valence-electron chi connectivity index (χ2n) is 2.87. The smallest absolute Gasteiger partial charge is 0.141 e. The molecule has 0 saturated heterocycles. The van der Waals surface area contributed by atoms with Crippen LogP contribution in [0.4, 0.5) is 4.39 Å². The second-order valence-corrected chi connectivity index (χ2v) is 3.75. The standard InChI is InChI=1S/C10H9FN2S/c1-13-10(12)7-5-14-9-6(7)3-2-4-8(9)11/h2-5H,1H3,(H2,12,13).